The minimum atomic E-state index is 0.531. The highest BCUT2D eigenvalue weighted by molar-refractivity contribution is 5.59. The molecule has 1 fully saturated rings. The van der Waals surface area contributed by atoms with Crippen LogP contribution in [0.25, 0.3) is 0 Å². The molecule has 1 aromatic heterocycles. The molecule has 2 heterocycles. The van der Waals surface area contributed by atoms with Gasteiger partial charge in [0.25, 0.3) is 0 Å². The maximum Gasteiger partial charge on any atom is 0.249 e. The molecule has 1 aliphatic rings. The largest absolute Gasteiger partial charge is 0.372 e. The van der Waals surface area contributed by atoms with Crippen LogP contribution in [0.4, 0.5) is 23.1 Å². The average Bonchev–Trinajstić information content (AvgIpc) is 2.65. The molecule has 0 unspecified atom stereocenters. The Balaban J connectivity index is 1.66. The molecule has 6 heteroatoms. The lowest BCUT2D eigenvalue weighted by Crippen LogP contribution is -2.32. The molecule has 0 bridgehead atoms. The van der Waals surface area contributed by atoms with Crippen LogP contribution in [0.15, 0.2) is 30.5 Å². The van der Waals surface area contributed by atoms with Crippen molar-refractivity contribution in [3.63, 3.8) is 0 Å². The molecule has 1 N–H and O–H groups in total. The van der Waals surface area contributed by atoms with Crippen molar-refractivity contribution < 1.29 is 0 Å². The summed E-state index contributed by atoms with van der Waals surface area (Å²) in [5.74, 6) is 2.23. The Kier molecular flexibility index (Phi) is 5.68. The van der Waals surface area contributed by atoms with E-state index in [4.69, 9.17) is 0 Å². The normalized spacial score (nSPS) is 15.2. The molecule has 1 aromatic carbocycles. The summed E-state index contributed by atoms with van der Waals surface area (Å²) in [6.07, 6.45) is 4.26. The molecule has 2 aromatic rings. The number of piperidine rings is 1. The van der Waals surface area contributed by atoms with Crippen molar-refractivity contribution in [2.45, 2.75) is 33.6 Å². The first kappa shape index (κ1) is 17.5. The van der Waals surface area contributed by atoms with Gasteiger partial charge in [0.2, 0.25) is 5.95 Å². The van der Waals surface area contributed by atoms with Crippen LogP contribution in [0.3, 0.4) is 0 Å². The molecule has 3 rings (SSSR count). The number of benzene rings is 1. The fourth-order valence-electron chi connectivity index (χ4n) is 3.20. The van der Waals surface area contributed by atoms with Crippen molar-refractivity contribution in [2.75, 3.05) is 41.3 Å². The highest BCUT2D eigenvalue weighted by Gasteiger charge is 2.15. The minimum absolute atomic E-state index is 0.531. The van der Waals surface area contributed by atoms with Gasteiger partial charge in [-0.3, -0.25) is 0 Å². The quantitative estimate of drug-likeness (QED) is 0.865. The summed E-state index contributed by atoms with van der Waals surface area (Å²) >= 11 is 0. The zero-order valence-corrected chi connectivity index (χ0v) is 15.4. The number of nitrogens with one attached hydrogen (secondary N) is 1. The Morgan fingerprint density at radius 3 is 2.44 bits per heavy atom. The third-order valence-electron chi connectivity index (χ3n) is 4.91. The Morgan fingerprint density at radius 2 is 1.80 bits per heavy atom. The fourth-order valence-corrected chi connectivity index (χ4v) is 3.20. The predicted octanol–water partition coefficient (Wildman–Crippen LogP) is 3.70. The van der Waals surface area contributed by atoms with Gasteiger partial charge in [-0.2, -0.15) is 10.1 Å². The van der Waals surface area contributed by atoms with Crippen LogP contribution in [-0.2, 0) is 0 Å². The molecule has 25 heavy (non-hydrogen) atoms. The van der Waals surface area contributed by atoms with E-state index in [1.165, 1.54) is 18.5 Å². The number of aromatic nitrogens is 3. The van der Waals surface area contributed by atoms with E-state index in [0.717, 1.165) is 43.6 Å². The van der Waals surface area contributed by atoms with Gasteiger partial charge in [-0.1, -0.05) is 6.92 Å². The predicted molar refractivity (Wildman–Crippen MR) is 104 cm³/mol. The Labute approximate surface area is 150 Å². The molecule has 0 amide bonds. The van der Waals surface area contributed by atoms with Gasteiger partial charge in [0, 0.05) is 37.6 Å². The van der Waals surface area contributed by atoms with Gasteiger partial charge < -0.3 is 15.1 Å². The summed E-state index contributed by atoms with van der Waals surface area (Å²) in [6.45, 7) is 10.7. The Bertz CT molecular complexity index is 660. The van der Waals surface area contributed by atoms with Gasteiger partial charge in [-0.05, 0) is 56.9 Å². The highest BCUT2D eigenvalue weighted by Crippen LogP contribution is 2.25. The van der Waals surface area contributed by atoms with Gasteiger partial charge >= 0.3 is 0 Å². The van der Waals surface area contributed by atoms with Crippen LogP contribution in [0.1, 0.15) is 33.6 Å². The molecule has 0 saturated carbocycles. The first-order valence-corrected chi connectivity index (χ1v) is 9.26. The number of anilines is 4. The lowest BCUT2D eigenvalue weighted by atomic mass is 9.99. The standard InChI is InChI=1S/C19H28N6/c1-4-24(5-2)18-14-20-23-19(22-18)21-16-6-8-17(9-7-16)25-12-10-15(3)11-13-25/h6-9,14-15H,4-5,10-13H2,1-3H3,(H,21,22,23). The molecule has 0 aliphatic carbocycles. The van der Waals surface area contributed by atoms with E-state index in [0.29, 0.717) is 5.95 Å². The fraction of sp³-hybridized carbons (Fsp3) is 0.526. The number of nitrogens with zero attached hydrogens (tertiary/aromatic N) is 5. The Morgan fingerprint density at radius 1 is 1.12 bits per heavy atom. The number of hydrogen-bond acceptors (Lipinski definition) is 6. The van der Waals surface area contributed by atoms with E-state index in [1.54, 1.807) is 6.20 Å². The summed E-state index contributed by atoms with van der Waals surface area (Å²) in [5.41, 5.74) is 2.26. The summed E-state index contributed by atoms with van der Waals surface area (Å²) in [6, 6.07) is 8.50. The van der Waals surface area contributed by atoms with E-state index in [1.807, 2.05) is 0 Å². The van der Waals surface area contributed by atoms with Crippen molar-refractivity contribution in [1.29, 1.82) is 0 Å². The lowest BCUT2D eigenvalue weighted by molar-refractivity contribution is 0.438. The molecule has 1 aliphatic heterocycles. The maximum absolute atomic E-state index is 4.56. The summed E-state index contributed by atoms with van der Waals surface area (Å²) in [7, 11) is 0. The van der Waals surface area contributed by atoms with Crippen LogP contribution in [0.2, 0.25) is 0 Å². The van der Waals surface area contributed by atoms with Gasteiger partial charge in [0.15, 0.2) is 5.82 Å². The zero-order chi connectivity index (χ0) is 17.6. The second kappa shape index (κ2) is 8.14. The third kappa shape index (κ3) is 4.38. The van der Waals surface area contributed by atoms with Crippen LogP contribution < -0.4 is 15.1 Å². The molecule has 6 nitrogen and oxygen atoms in total. The smallest absolute Gasteiger partial charge is 0.249 e. The molecule has 0 atom stereocenters. The first-order chi connectivity index (χ1) is 12.2. The maximum atomic E-state index is 4.56. The molecular weight excluding hydrogens is 312 g/mol. The molecule has 134 valence electrons. The van der Waals surface area contributed by atoms with Crippen molar-refractivity contribution in [1.82, 2.24) is 15.2 Å². The minimum Gasteiger partial charge on any atom is -0.372 e. The number of hydrogen-bond donors (Lipinski definition) is 1. The van der Waals surface area contributed by atoms with Crippen LogP contribution in [0.5, 0.6) is 0 Å². The summed E-state index contributed by atoms with van der Waals surface area (Å²) in [5, 5.41) is 11.4. The van der Waals surface area contributed by atoms with E-state index in [2.05, 4.69) is 75.3 Å². The highest BCUT2D eigenvalue weighted by atomic mass is 15.3. The molecule has 1 saturated heterocycles. The monoisotopic (exact) mass is 340 g/mol. The van der Waals surface area contributed by atoms with Crippen molar-refractivity contribution >= 4 is 23.1 Å². The van der Waals surface area contributed by atoms with E-state index >= 15 is 0 Å². The third-order valence-corrected chi connectivity index (χ3v) is 4.91. The van der Waals surface area contributed by atoms with E-state index in [-0.39, 0.29) is 0 Å². The van der Waals surface area contributed by atoms with E-state index in [9.17, 15) is 0 Å². The summed E-state index contributed by atoms with van der Waals surface area (Å²) < 4.78 is 0. The average molecular weight is 340 g/mol. The van der Waals surface area contributed by atoms with Gasteiger partial charge in [-0.25, -0.2) is 0 Å². The second-order valence-corrected chi connectivity index (χ2v) is 6.65. The second-order valence-electron chi connectivity index (χ2n) is 6.65. The van der Waals surface area contributed by atoms with E-state index < -0.39 is 0 Å². The van der Waals surface area contributed by atoms with Crippen LogP contribution in [0, 0.1) is 5.92 Å². The van der Waals surface area contributed by atoms with Gasteiger partial charge in [0.05, 0.1) is 6.20 Å². The van der Waals surface area contributed by atoms with Crippen LogP contribution >= 0.6 is 0 Å². The van der Waals surface area contributed by atoms with Crippen molar-refractivity contribution in [3.8, 4) is 0 Å². The summed E-state index contributed by atoms with van der Waals surface area (Å²) in [4.78, 5) is 9.18. The topological polar surface area (TPSA) is 57.2 Å². The first-order valence-electron chi connectivity index (χ1n) is 9.26. The van der Waals surface area contributed by atoms with Crippen LogP contribution in [-0.4, -0.2) is 41.4 Å². The Hall–Kier alpha value is -2.37. The van der Waals surface area contributed by atoms with Gasteiger partial charge in [-0.15, -0.1) is 5.10 Å². The van der Waals surface area contributed by atoms with Crippen molar-refractivity contribution in [3.05, 3.63) is 30.5 Å². The SMILES string of the molecule is CCN(CC)c1cnnc(Nc2ccc(N3CCC(C)CC3)cc2)n1. The van der Waals surface area contributed by atoms with Gasteiger partial charge in [0.1, 0.15) is 0 Å². The molecule has 0 spiro atoms. The molecule has 0 radical (unpaired) electrons. The number of rotatable bonds is 6. The molecular formula is C19H28N6. The van der Waals surface area contributed by atoms with Crippen molar-refractivity contribution in [2.24, 2.45) is 5.92 Å². The lowest BCUT2D eigenvalue weighted by Gasteiger charge is -2.32. The zero-order valence-electron chi connectivity index (χ0n) is 15.4.